The highest BCUT2D eigenvalue weighted by Gasteiger charge is 2.17. The van der Waals surface area contributed by atoms with Crippen LogP contribution in [-0.4, -0.2) is 32.8 Å². The number of hydrogen-bond acceptors (Lipinski definition) is 6. The minimum atomic E-state index is -1.01. The van der Waals surface area contributed by atoms with E-state index < -0.39 is 6.23 Å². The molecule has 1 amide bonds. The van der Waals surface area contributed by atoms with Crippen molar-refractivity contribution < 1.29 is 14.4 Å². The number of aliphatic hydroxyl groups excluding tert-OH is 1. The third-order valence-corrected chi connectivity index (χ3v) is 5.66. The van der Waals surface area contributed by atoms with Gasteiger partial charge in [0.15, 0.2) is 6.23 Å². The monoisotopic (exact) mass is 453 g/mol. The molecule has 0 aliphatic rings. The van der Waals surface area contributed by atoms with Crippen molar-refractivity contribution in [3.05, 3.63) is 108 Å². The summed E-state index contributed by atoms with van der Waals surface area (Å²) in [7, 11) is 1.60. The van der Waals surface area contributed by atoms with Gasteiger partial charge in [0.05, 0.1) is 11.0 Å². The quantitative estimate of drug-likeness (QED) is 0.321. The number of anilines is 1. The van der Waals surface area contributed by atoms with Crippen LogP contribution < -0.4 is 10.6 Å². The molecule has 0 aliphatic heterocycles. The smallest absolute Gasteiger partial charge is 0.251 e. The van der Waals surface area contributed by atoms with Crippen LogP contribution in [0, 0.1) is 0 Å². The Morgan fingerprint density at radius 3 is 2.65 bits per heavy atom. The van der Waals surface area contributed by atoms with Gasteiger partial charge in [-0.15, -0.1) is 0 Å². The van der Waals surface area contributed by atoms with Crippen LogP contribution in [0.2, 0.25) is 0 Å². The lowest BCUT2D eigenvalue weighted by Crippen LogP contribution is -2.17. The molecule has 170 valence electrons. The minimum absolute atomic E-state index is 0.149. The van der Waals surface area contributed by atoms with Crippen molar-refractivity contribution in [2.24, 2.45) is 0 Å². The van der Waals surface area contributed by atoms with E-state index in [0.717, 1.165) is 33.5 Å². The molecular formula is C26H23N5O3. The Bertz CT molecular complexity index is 1420. The molecule has 3 N–H and O–H groups in total. The maximum Gasteiger partial charge on any atom is 0.251 e. The van der Waals surface area contributed by atoms with Gasteiger partial charge in [0.1, 0.15) is 18.3 Å². The SMILES string of the molecule is CNC(=O)c1ccc2c(c1)ncn2-c1ccc(NC(O)c2nocc2Cc2ccccc2)cc1. The number of carbonyl (C=O) groups is 1. The summed E-state index contributed by atoms with van der Waals surface area (Å²) in [6.45, 7) is 0. The predicted octanol–water partition coefficient (Wildman–Crippen LogP) is 4.07. The van der Waals surface area contributed by atoms with Crippen LogP contribution in [0.1, 0.15) is 33.4 Å². The van der Waals surface area contributed by atoms with Gasteiger partial charge in [-0.3, -0.25) is 9.36 Å². The van der Waals surface area contributed by atoms with Crippen molar-refractivity contribution in [3.8, 4) is 5.69 Å². The molecule has 0 radical (unpaired) electrons. The third kappa shape index (κ3) is 4.26. The molecule has 0 spiro atoms. The summed E-state index contributed by atoms with van der Waals surface area (Å²) < 4.78 is 7.07. The summed E-state index contributed by atoms with van der Waals surface area (Å²) in [5, 5.41) is 20.4. The number of rotatable bonds is 7. The van der Waals surface area contributed by atoms with Crippen molar-refractivity contribution in [2.45, 2.75) is 12.6 Å². The van der Waals surface area contributed by atoms with E-state index in [4.69, 9.17) is 4.52 Å². The Hall–Kier alpha value is -4.43. The van der Waals surface area contributed by atoms with Gasteiger partial charge in [-0.25, -0.2) is 4.98 Å². The van der Waals surface area contributed by atoms with Gasteiger partial charge in [0, 0.05) is 36.0 Å². The summed E-state index contributed by atoms with van der Waals surface area (Å²) in [5.41, 5.74) is 6.21. The van der Waals surface area contributed by atoms with E-state index in [1.54, 1.807) is 31.8 Å². The zero-order valence-electron chi connectivity index (χ0n) is 18.5. The molecular weight excluding hydrogens is 430 g/mol. The van der Waals surface area contributed by atoms with Gasteiger partial charge in [0.25, 0.3) is 5.91 Å². The van der Waals surface area contributed by atoms with Crippen molar-refractivity contribution in [1.82, 2.24) is 20.0 Å². The molecule has 0 bridgehead atoms. The summed E-state index contributed by atoms with van der Waals surface area (Å²) in [6.07, 6.45) is 2.89. The Balaban J connectivity index is 1.32. The second-order valence-electron chi connectivity index (χ2n) is 7.88. The van der Waals surface area contributed by atoms with Gasteiger partial charge >= 0.3 is 0 Å². The first-order chi connectivity index (χ1) is 16.6. The number of aromatic nitrogens is 3. The molecule has 34 heavy (non-hydrogen) atoms. The fourth-order valence-electron chi connectivity index (χ4n) is 3.89. The van der Waals surface area contributed by atoms with Crippen LogP contribution in [-0.2, 0) is 6.42 Å². The summed E-state index contributed by atoms with van der Waals surface area (Å²) >= 11 is 0. The number of imidazole rings is 1. The molecule has 5 aromatic rings. The Morgan fingerprint density at radius 1 is 1.09 bits per heavy atom. The average Bonchev–Trinajstić information content (AvgIpc) is 3.51. The molecule has 8 nitrogen and oxygen atoms in total. The molecule has 1 unspecified atom stereocenters. The highest BCUT2D eigenvalue weighted by Crippen LogP contribution is 2.24. The first-order valence-electron chi connectivity index (χ1n) is 10.8. The second-order valence-corrected chi connectivity index (χ2v) is 7.88. The molecule has 2 aromatic heterocycles. The second kappa shape index (κ2) is 9.21. The molecule has 0 saturated heterocycles. The van der Waals surface area contributed by atoms with Crippen molar-refractivity contribution in [2.75, 3.05) is 12.4 Å². The van der Waals surface area contributed by atoms with E-state index >= 15 is 0 Å². The van der Waals surface area contributed by atoms with Crippen molar-refractivity contribution >= 4 is 22.6 Å². The van der Waals surface area contributed by atoms with E-state index in [1.165, 1.54) is 0 Å². The average molecular weight is 454 g/mol. The zero-order valence-corrected chi connectivity index (χ0v) is 18.5. The summed E-state index contributed by atoms with van der Waals surface area (Å²) in [5.74, 6) is -0.149. The number of hydrogen-bond donors (Lipinski definition) is 3. The third-order valence-electron chi connectivity index (χ3n) is 5.66. The van der Waals surface area contributed by atoms with Crippen LogP contribution in [0.5, 0.6) is 0 Å². The van der Waals surface area contributed by atoms with Gasteiger partial charge in [0.2, 0.25) is 0 Å². The van der Waals surface area contributed by atoms with E-state index in [-0.39, 0.29) is 5.91 Å². The maximum absolute atomic E-state index is 11.9. The van der Waals surface area contributed by atoms with Gasteiger partial charge < -0.3 is 20.3 Å². The Morgan fingerprint density at radius 2 is 1.88 bits per heavy atom. The minimum Gasteiger partial charge on any atom is -0.368 e. The first kappa shape index (κ1) is 21.4. The van der Waals surface area contributed by atoms with Gasteiger partial charge in [-0.05, 0) is 48.0 Å². The number of carbonyl (C=O) groups excluding carboxylic acids is 1. The zero-order chi connectivity index (χ0) is 23.5. The fraction of sp³-hybridized carbons (Fsp3) is 0.115. The molecule has 2 heterocycles. The van der Waals surface area contributed by atoms with E-state index in [0.29, 0.717) is 17.7 Å². The number of fused-ring (bicyclic) bond motifs is 1. The highest BCUT2D eigenvalue weighted by atomic mass is 16.5. The van der Waals surface area contributed by atoms with Crippen LogP contribution >= 0.6 is 0 Å². The standard InChI is InChI=1S/C26H23N5O3/c1-27-25(32)18-7-12-23-22(14-18)28-16-31(23)21-10-8-20(9-11-21)29-26(33)24-19(15-34-30-24)13-17-5-3-2-4-6-17/h2-12,14-16,26,29,33H,13H2,1H3,(H,27,32). The topological polar surface area (TPSA) is 105 Å². The molecule has 0 fully saturated rings. The lowest BCUT2D eigenvalue weighted by atomic mass is 10.1. The fourth-order valence-corrected chi connectivity index (χ4v) is 3.89. The lowest BCUT2D eigenvalue weighted by Gasteiger charge is -2.14. The number of benzene rings is 3. The van der Waals surface area contributed by atoms with Crippen LogP contribution in [0.15, 0.2) is 89.9 Å². The molecule has 8 heteroatoms. The lowest BCUT2D eigenvalue weighted by molar-refractivity contribution is 0.0963. The van der Waals surface area contributed by atoms with Crippen LogP contribution in [0.4, 0.5) is 5.69 Å². The highest BCUT2D eigenvalue weighted by molar-refractivity contribution is 5.97. The number of aliphatic hydroxyl groups is 1. The van der Waals surface area contributed by atoms with Crippen molar-refractivity contribution in [1.29, 1.82) is 0 Å². The predicted molar refractivity (Wildman–Crippen MR) is 129 cm³/mol. The van der Waals surface area contributed by atoms with E-state index in [2.05, 4.69) is 20.8 Å². The Kier molecular flexibility index (Phi) is 5.80. The number of amides is 1. The van der Waals surface area contributed by atoms with Gasteiger partial charge in [-0.1, -0.05) is 35.5 Å². The van der Waals surface area contributed by atoms with E-state index in [9.17, 15) is 9.90 Å². The molecule has 3 aromatic carbocycles. The molecule has 0 aliphatic carbocycles. The van der Waals surface area contributed by atoms with Crippen molar-refractivity contribution in [3.63, 3.8) is 0 Å². The van der Waals surface area contributed by atoms with Crippen LogP contribution in [0.3, 0.4) is 0 Å². The Labute approximate surface area is 195 Å². The first-order valence-corrected chi connectivity index (χ1v) is 10.8. The number of nitrogens with zero attached hydrogens (tertiary/aromatic N) is 3. The van der Waals surface area contributed by atoms with Crippen LogP contribution in [0.25, 0.3) is 16.7 Å². The summed E-state index contributed by atoms with van der Waals surface area (Å²) in [4.78, 5) is 16.3. The molecule has 5 rings (SSSR count). The summed E-state index contributed by atoms with van der Waals surface area (Å²) in [6, 6.07) is 23.0. The molecule has 0 saturated carbocycles. The normalized spacial score (nSPS) is 11.9. The largest absolute Gasteiger partial charge is 0.368 e. The van der Waals surface area contributed by atoms with E-state index in [1.807, 2.05) is 65.2 Å². The molecule has 1 atom stereocenters. The number of nitrogens with one attached hydrogen (secondary N) is 2. The van der Waals surface area contributed by atoms with Gasteiger partial charge in [-0.2, -0.15) is 0 Å². The maximum atomic E-state index is 11.9.